The topological polar surface area (TPSA) is 156 Å². The standard InChI is InChI=1S/C9H20N3O5PS/c1-5(10)18(16,17)3-7(9(14)15)12-8(13)6(11)4-19-2/h5-7H,3-4,10-11H2,1-2H3,(H,12,13)(H,14,15)(H,16,17)/t5?,6-,7?/m0/s1. The number of aliphatic carboxylic acids is 1. The molecule has 0 rings (SSSR count). The number of amides is 1. The van der Waals surface area contributed by atoms with Gasteiger partial charge in [0.05, 0.1) is 18.0 Å². The molecule has 0 heterocycles. The van der Waals surface area contributed by atoms with Crippen LogP contribution in [-0.2, 0) is 14.2 Å². The molecule has 0 aromatic heterocycles. The maximum atomic E-state index is 11.7. The first-order valence-electron chi connectivity index (χ1n) is 5.46. The van der Waals surface area contributed by atoms with Gasteiger partial charge in [-0.15, -0.1) is 0 Å². The summed E-state index contributed by atoms with van der Waals surface area (Å²) in [4.78, 5) is 32.1. The SMILES string of the molecule is CSC[C@H](N)C(=O)NC(CP(=O)(O)C(C)N)C(=O)O. The van der Waals surface area contributed by atoms with Crippen LogP contribution in [-0.4, -0.2) is 57.9 Å². The van der Waals surface area contributed by atoms with Crippen molar-refractivity contribution in [2.75, 3.05) is 18.2 Å². The quantitative estimate of drug-likeness (QED) is 0.351. The number of carbonyl (C=O) groups is 2. The van der Waals surface area contributed by atoms with Crippen LogP contribution in [0, 0.1) is 0 Å². The van der Waals surface area contributed by atoms with Gasteiger partial charge in [-0.25, -0.2) is 4.79 Å². The van der Waals surface area contributed by atoms with Gasteiger partial charge in [0.2, 0.25) is 13.3 Å². The van der Waals surface area contributed by atoms with Crippen molar-refractivity contribution < 1.29 is 24.2 Å². The number of carboxylic acid groups (broad SMARTS) is 1. The van der Waals surface area contributed by atoms with E-state index in [1.54, 1.807) is 6.26 Å². The third kappa shape index (κ3) is 6.40. The van der Waals surface area contributed by atoms with Crippen molar-refractivity contribution in [2.45, 2.75) is 24.8 Å². The Bertz CT molecular complexity index is 379. The molecule has 8 nitrogen and oxygen atoms in total. The average molecular weight is 313 g/mol. The maximum Gasteiger partial charge on any atom is 0.326 e. The number of nitrogens with two attached hydrogens (primary N) is 2. The fraction of sp³-hybridized carbons (Fsp3) is 0.778. The number of nitrogens with one attached hydrogen (secondary N) is 1. The normalized spacial score (nSPS) is 19.0. The molecule has 0 saturated heterocycles. The first-order valence-corrected chi connectivity index (χ1v) is 8.77. The van der Waals surface area contributed by atoms with Crippen LogP contribution >= 0.6 is 19.1 Å². The molecule has 7 N–H and O–H groups in total. The minimum atomic E-state index is -3.84. The molecule has 0 aliphatic carbocycles. The second-order valence-corrected chi connectivity index (χ2v) is 7.74. The summed E-state index contributed by atoms with van der Waals surface area (Å²) in [7, 11) is -3.84. The third-order valence-corrected chi connectivity index (χ3v) is 5.23. The number of hydrogen-bond acceptors (Lipinski definition) is 6. The van der Waals surface area contributed by atoms with E-state index < -0.39 is 43.3 Å². The van der Waals surface area contributed by atoms with Gasteiger partial charge < -0.3 is 26.8 Å². The monoisotopic (exact) mass is 313 g/mol. The molecule has 1 amide bonds. The predicted molar refractivity (Wildman–Crippen MR) is 74.3 cm³/mol. The molecule has 19 heavy (non-hydrogen) atoms. The summed E-state index contributed by atoms with van der Waals surface area (Å²) < 4.78 is 11.7. The van der Waals surface area contributed by atoms with E-state index in [9.17, 15) is 19.0 Å². The fourth-order valence-electron chi connectivity index (χ4n) is 1.15. The lowest BCUT2D eigenvalue weighted by atomic mass is 10.3. The van der Waals surface area contributed by atoms with Gasteiger partial charge in [0, 0.05) is 5.75 Å². The molecule has 0 bridgehead atoms. The Morgan fingerprint density at radius 1 is 1.42 bits per heavy atom. The second kappa shape index (κ2) is 7.86. The highest BCUT2D eigenvalue weighted by molar-refractivity contribution is 7.98. The van der Waals surface area contributed by atoms with Gasteiger partial charge in [0.25, 0.3) is 0 Å². The largest absolute Gasteiger partial charge is 0.480 e. The van der Waals surface area contributed by atoms with Crippen molar-refractivity contribution in [2.24, 2.45) is 11.5 Å². The Kier molecular flexibility index (Phi) is 7.61. The Labute approximate surface area is 115 Å². The maximum absolute atomic E-state index is 11.7. The smallest absolute Gasteiger partial charge is 0.326 e. The van der Waals surface area contributed by atoms with Gasteiger partial charge in [-0.1, -0.05) is 0 Å². The van der Waals surface area contributed by atoms with Gasteiger partial charge in [0.15, 0.2) is 0 Å². The summed E-state index contributed by atoms with van der Waals surface area (Å²) in [5.41, 5.74) is 10.8. The molecule has 4 atom stereocenters. The Morgan fingerprint density at radius 3 is 2.32 bits per heavy atom. The van der Waals surface area contributed by atoms with E-state index >= 15 is 0 Å². The van der Waals surface area contributed by atoms with Gasteiger partial charge in [0.1, 0.15) is 6.04 Å². The van der Waals surface area contributed by atoms with E-state index in [1.165, 1.54) is 18.7 Å². The number of thioether (sulfide) groups is 1. The molecule has 3 unspecified atom stereocenters. The van der Waals surface area contributed by atoms with Crippen LogP contribution in [0.5, 0.6) is 0 Å². The van der Waals surface area contributed by atoms with Crippen LogP contribution in [0.4, 0.5) is 0 Å². The fourth-order valence-corrected chi connectivity index (χ4v) is 2.76. The molecule has 0 spiro atoms. The molecule has 0 aromatic rings. The third-order valence-electron chi connectivity index (χ3n) is 2.38. The molecule has 112 valence electrons. The molecule has 10 heteroatoms. The van der Waals surface area contributed by atoms with E-state index in [4.69, 9.17) is 16.6 Å². The molecular formula is C9H20N3O5PS. The lowest BCUT2D eigenvalue weighted by molar-refractivity contribution is -0.141. The summed E-state index contributed by atoms with van der Waals surface area (Å²) in [5.74, 6) is -2.82. The summed E-state index contributed by atoms with van der Waals surface area (Å²) in [6.45, 7) is 1.31. The highest BCUT2D eigenvalue weighted by Crippen LogP contribution is 2.44. The van der Waals surface area contributed by atoms with Crippen LogP contribution in [0.3, 0.4) is 0 Å². The second-order valence-electron chi connectivity index (χ2n) is 4.14. The minimum Gasteiger partial charge on any atom is -0.480 e. The first-order chi connectivity index (χ1) is 8.61. The summed E-state index contributed by atoms with van der Waals surface area (Å²) in [6.07, 6.45) is 1.12. The van der Waals surface area contributed by atoms with Crippen molar-refractivity contribution in [1.29, 1.82) is 0 Å². The van der Waals surface area contributed by atoms with Crippen molar-refractivity contribution in [3.63, 3.8) is 0 Å². The van der Waals surface area contributed by atoms with Crippen LogP contribution < -0.4 is 16.8 Å². The van der Waals surface area contributed by atoms with Crippen LogP contribution in [0.15, 0.2) is 0 Å². The lowest BCUT2D eigenvalue weighted by Crippen LogP contribution is -2.51. The van der Waals surface area contributed by atoms with E-state index in [0.29, 0.717) is 5.75 Å². The van der Waals surface area contributed by atoms with E-state index in [0.717, 1.165) is 0 Å². The number of rotatable bonds is 8. The van der Waals surface area contributed by atoms with Gasteiger partial charge >= 0.3 is 5.97 Å². The average Bonchev–Trinajstić information content (AvgIpc) is 2.27. The zero-order valence-electron chi connectivity index (χ0n) is 10.8. The van der Waals surface area contributed by atoms with Crippen molar-refractivity contribution in [3.8, 4) is 0 Å². The summed E-state index contributed by atoms with van der Waals surface area (Å²) in [6, 6.07) is -2.35. The Morgan fingerprint density at radius 2 is 1.95 bits per heavy atom. The van der Waals surface area contributed by atoms with Crippen LogP contribution in [0.2, 0.25) is 0 Å². The highest BCUT2D eigenvalue weighted by Gasteiger charge is 2.33. The lowest BCUT2D eigenvalue weighted by Gasteiger charge is -2.22. The zero-order chi connectivity index (χ0) is 15.2. The van der Waals surface area contributed by atoms with E-state index in [-0.39, 0.29) is 0 Å². The zero-order valence-corrected chi connectivity index (χ0v) is 12.5. The van der Waals surface area contributed by atoms with E-state index in [1.807, 2.05) is 0 Å². The highest BCUT2D eigenvalue weighted by atomic mass is 32.2. The van der Waals surface area contributed by atoms with Gasteiger partial charge in [-0.05, 0) is 13.2 Å². The molecule has 0 aliphatic heterocycles. The molecular weight excluding hydrogens is 293 g/mol. The summed E-state index contributed by atoms with van der Waals surface area (Å²) in [5, 5.41) is 11.1. The number of hydrogen-bond donors (Lipinski definition) is 5. The van der Waals surface area contributed by atoms with Crippen LogP contribution in [0.25, 0.3) is 0 Å². The van der Waals surface area contributed by atoms with Crippen molar-refractivity contribution >= 4 is 31.0 Å². The Balaban J connectivity index is 4.73. The predicted octanol–water partition coefficient (Wildman–Crippen LogP) is -1.18. The minimum absolute atomic E-state index is 0.322. The van der Waals surface area contributed by atoms with Crippen molar-refractivity contribution in [3.05, 3.63) is 0 Å². The first kappa shape index (κ1) is 18.4. The Hall–Kier alpha value is -0.600. The molecule has 0 aromatic carbocycles. The van der Waals surface area contributed by atoms with Crippen LogP contribution in [0.1, 0.15) is 6.92 Å². The number of carboxylic acids is 1. The van der Waals surface area contributed by atoms with Gasteiger partial charge in [-0.3, -0.25) is 9.36 Å². The van der Waals surface area contributed by atoms with Gasteiger partial charge in [-0.2, -0.15) is 11.8 Å². The number of carbonyl (C=O) groups excluding carboxylic acids is 1. The van der Waals surface area contributed by atoms with E-state index in [2.05, 4.69) is 5.32 Å². The molecule has 0 radical (unpaired) electrons. The molecule has 0 saturated carbocycles. The molecule has 0 aliphatic rings. The molecule has 0 fully saturated rings. The van der Waals surface area contributed by atoms with Crippen molar-refractivity contribution in [1.82, 2.24) is 5.32 Å². The summed E-state index contributed by atoms with van der Waals surface area (Å²) >= 11 is 1.33.